The third-order valence-corrected chi connectivity index (χ3v) is 4.40. The average molecular weight is 308 g/mol. The summed E-state index contributed by atoms with van der Waals surface area (Å²) in [5, 5.41) is 9.10. The number of rotatable bonds is 3. The number of halogens is 1. The number of nitrogens with one attached hydrogen (secondary N) is 1. The van der Waals surface area contributed by atoms with Crippen molar-refractivity contribution in [3.05, 3.63) is 53.1 Å². The van der Waals surface area contributed by atoms with E-state index in [0.29, 0.717) is 5.69 Å². The van der Waals surface area contributed by atoms with Crippen molar-refractivity contribution >= 4 is 33.0 Å². The zero-order valence-corrected chi connectivity index (χ0v) is 11.7. The van der Waals surface area contributed by atoms with Crippen LogP contribution in [-0.4, -0.2) is 8.42 Å². The summed E-state index contributed by atoms with van der Waals surface area (Å²) in [4.78, 5) is -0.0534. The number of anilines is 2. The average Bonchev–Trinajstić information content (AvgIpc) is 2.41. The van der Waals surface area contributed by atoms with Crippen LogP contribution < -0.4 is 10.5 Å². The van der Waals surface area contributed by atoms with Crippen LogP contribution in [0.3, 0.4) is 0 Å². The Balaban J connectivity index is 2.45. The quantitative estimate of drug-likeness (QED) is 0.852. The first kappa shape index (κ1) is 14.2. The number of nitrogens with zero attached hydrogens (tertiary/aromatic N) is 1. The molecule has 0 atom stereocenters. The van der Waals surface area contributed by atoms with E-state index in [0.717, 1.165) is 0 Å². The normalized spacial score (nSPS) is 10.8. The minimum atomic E-state index is -3.86. The van der Waals surface area contributed by atoms with Crippen LogP contribution >= 0.6 is 11.6 Å². The molecule has 0 saturated carbocycles. The first-order chi connectivity index (χ1) is 9.44. The van der Waals surface area contributed by atoms with Gasteiger partial charge in [0.1, 0.15) is 11.0 Å². The predicted molar refractivity (Wildman–Crippen MR) is 77.8 cm³/mol. The van der Waals surface area contributed by atoms with Gasteiger partial charge in [0.25, 0.3) is 10.0 Å². The highest BCUT2D eigenvalue weighted by molar-refractivity contribution is 7.92. The van der Waals surface area contributed by atoms with Gasteiger partial charge in [0.15, 0.2) is 0 Å². The van der Waals surface area contributed by atoms with E-state index < -0.39 is 10.0 Å². The molecule has 0 aliphatic heterocycles. The molecule has 0 aliphatic carbocycles. The van der Waals surface area contributed by atoms with Crippen LogP contribution in [0.15, 0.2) is 47.4 Å². The first-order valence-corrected chi connectivity index (χ1v) is 7.37. The van der Waals surface area contributed by atoms with Crippen molar-refractivity contribution in [2.45, 2.75) is 4.90 Å². The number of hydrogen-bond acceptors (Lipinski definition) is 4. The van der Waals surface area contributed by atoms with E-state index in [4.69, 9.17) is 22.6 Å². The summed E-state index contributed by atoms with van der Waals surface area (Å²) in [7, 11) is -3.86. The maximum Gasteiger partial charge on any atom is 0.263 e. The molecule has 7 heteroatoms. The standard InChI is InChI=1S/C13H10ClN3O2S/c14-11-3-1-2-4-13(11)20(18,19)17-12-6-5-10(16)7-9(12)8-15/h1-7,17H,16H2. The Labute approximate surface area is 121 Å². The van der Waals surface area contributed by atoms with Gasteiger partial charge in [-0.1, -0.05) is 23.7 Å². The zero-order valence-electron chi connectivity index (χ0n) is 10.2. The molecule has 0 unspecified atom stereocenters. The second kappa shape index (κ2) is 5.41. The van der Waals surface area contributed by atoms with Gasteiger partial charge in [-0.25, -0.2) is 8.42 Å². The van der Waals surface area contributed by atoms with Crippen molar-refractivity contribution in [2.75, 3.05) is 10.5 Å². The molecule has 0 amide bonds. The molecule has 0 aromatic heterocycles. The van der Waals surface area contributed by atoms with Crippen molar-refractivity contribution in [3.8, 4) is 6.07 Å². The summed E-state index contributed by atoms with van der Waals surface area (Å²) in [5.74, 6) is 0. The lowest BCUT2D eigenvalue weighted by atomic mass is 10.2. The molecule has 0 spiro atoms. The van der Waals surface area contributed by atoms with E-state index in [1.807, 2.05) is 6.07 Å². The molecular weight excluding hydrogens is 298 g/mol. The number of nitriles is 1. The molecule has 0 bridgehead atoms. The van der Waals surface area contributed by atoms with E-state index in [-0.39, 0.29) is 21.2 Å². The molecule has 2 aromatic carbocycles. The summed E-state index contributed by atoms with van der Waals surface area (Å²) in [6.45, 7) is 0. The number of hydrogen-bond donors (Lipinski definition) is 2. The van der Waals surface area contributed by atoms with Crippen LogP contribution in [0, 0.1) is 11.3 Å². The van der Waals surface area contributed by atoms with Crippen molar-refractivity contribution in [1.82, 2.24) is 0 Å². The fourth-order valence-electron chi connectivity index (χ4n) is 1.61. The van der Waals surface area contributed by atoms with Gasteiger partial charge < -0.3 is 5.73 Å². The lowest BCUT2D eigenvalue weighted by Gasteiger charge is -2.10. The van der Waals surface area contributed by atoms with Gasteiger partial charge in [0, 0.05) is 5.69 Å². The maximum absolute atomic E-state index is 12.2. The fraction of sp³-hybridized carbons (Fsp3) is 0. The summed E-state index contributed by atoms with van der Waals surface area (Å²) in [6.07, 6.45) is 0. The molecule has 20 heavy (non-hydrogen) atoms. The van der Waals surface area contributed by atoms with Crippen LogP contribution in [0.25, 0.3) is 0 Å². The molecule has 0 radical (unpaired) electrons. The SMILES string of the molecule is N#Cc1cc(N)ccc1NS(=O)(=O)c1ccccc1Cl. The maximum atomic E-state index is 12.2. The monoisotopic (exact) mass is 307 g/mol. The molecular formula is C13H10ClN3O2S. The molecule has 2 aromatic rings. The largest absolute Gasteiger partial charge is 0.399 e. The van der Waals surface area contributed by atoms with Crippen LogP contribution in [0.4, 0.5) is 11.4 Å². The predicted octanol–water partition coefficient (Wildman–Crippen LogP) is 2.59. The Bertz CT molecular complexity index is 798. The molecule has 0 heterocycles. The number of nitrogens with two attached hydrogens (primary N) is 1. The lowest BCUT2D eigenvalue weighted by Crippen LogP contribution is -2.14. The van der Waals surface area contributed by atoms with Crippen LogP contribution in [-0.2, 0) is 10.0 Å². The summed E-state index contributed by atoms with van der Waals surface area (Å²) in [6, 6.07) is 12.3. The minimum Gasteiger partial charge on any atom is -0.399 e. The molecule has 0 saturated heterocycles. The highest BCUT2D eigenvalue weighted by Gasteiger charge is 2.18. The highest BCUT2D eigenvalue weighted by atomic mass is 35.5. The van der Waals surface area contributed by atoms with E-state index in [1.54, 1.807) is 12.1 Å². The Morgan fingerprint density at radius 3 is 2.55 bits per heavy atom. The second-order valence-electron chi connectivity index (χ2n) is 3.95. The second-order valence-corrected chi connectivity index (χ2v) is 6.01. The molecule has 5 nitrogen and oxygen atoms in total. The number of benzene rings is 2. The molecule has 2 rings (SSSR count). The molecule has 3 N–H and O–H groups in total. The summed E-state index contributed by atoms with van der Waals surface area (Å²) >= 11 is 5.87. The third kappa shape index (κ3) is 2.85. The Morgan fingerprint density at radius 2 is 1.90 bits per heavy atom. The molecule has 102 valence electrons. The first-order valence-electron chi connectivity index (χ1n) is 5.51. The lowest BCUT2D eigenvalue weighted by molar-refractivity contribution is 0.601. The zero-order chi connectivity index (χ0) is 14.8. The van der Waals surface area contributed by atoms with Crippen LogP contribution in [0.2, 0.25) is 5.02 Å². The topological polar surface area (TPSA) is 96.0 Å². The Hall–Kier alpha value is -2.23. The number of nitrogen functional groups attached to an aromatic ring is 1. The minimum absolute atomic E-state index is 0.0534. The van der Waals surface area contributed by atoms with Gasteiger partial charge >= 0.3 is 0 Å². The van der Waals surface area contributed by atoms with Gasteiger partial charge in [-0.3, -0.25) is 4.72 Å². The number of sulfonamides is 1. The van der Waals surface area contributed by atoms with Crippen molar-refractivity contribution in [2.24, 2.45) is 0 Å². The molecule has 0 aliphatic rings. The van der Waals surface area contributed by atoms with Crippen molar-refractivity contribution < 1.29 is 8.42 Å². The van der Waals surface area contributed by atoms with Crippen LogP contribution in [0.5, 0.6) is 0 Å². The smallest absolute Gasteiger partial charge is 0.263 e. The van der Waals surface area contributed by atoms with E-state index >= 15 is 0 Å². The highest BCUT2D eigenvalue weighted by Crippen LogP contribution is 2.25. The molecule has 0 fully saturated rings. The van der Waals surface area contributed by atoms with Crippen LogP contribution in [0.1, 0.15) is 5.56 Å². The van der Waals surface area contributed by atoms with Gasteiger partial charge in [-0.05, 0) is 30.3 Å². The summed E-state index contributed by atoms with van der Waals surface area (Å²) < 4.78 is 26.8. The van der Waals surface area contributed by atoms with E-state index in [1.165, 1.54) is 30.3 Å². The van der Waals surface area contributed by atoms with Gasteiger partial charge in [0.2, 0.25) is 0 Å². The van der Waals surface area contributed by atoms with E-state index in [2.05, 4.69) is 4.72 Å². The van der Waals surface area contributed by atoms with Gasteiger partial charge in [-0.15, -0.1) is 0 Å². The Morgan fingerprint density at radius 1 is 1.20 bits per heavy atom. The van der Waals surface area contributed by atoms with Gasteiger partial charge in [0.05, 0.1) is 16.3 Å². The summed E-state index contributed by atoms with van der Waals surface area (Å²) in [5.41, 5.74) is 6.22. The van der Waals surface area contributed by atoms with Crippen molar-refractivity contribution in [1.29, 1.82) is 5.26 Å². The fourth-order valence-corrected chi connectivity index (χ4v) is 3.21. The Kier molecular flexibility index (Phi) is 3.84. The van der Waals surface area contributed by atoms with E-state index in [9.17, 15) is 8.42 Å². The van der Waals surface area contributed by atoms with Gasteiger partial charge in [-0.2, -0.15) is 5.26 Å². The third-order valence-electron chi connectivity index (χ3n) is 2.53. The van der Waals surface area contributed by atoms with Crippen molar-refractivity contribution in [3.63, 3.8) is 0 Å².